The fraction of sp³-hybridized carbons (Fsp3) is 0.316. The van der Waals surface area contributed by atoms with E-state index in [1.807, 2.05) is 32.0 Å². The number of aryl methyl sites for hydroxylation is 1. The SMILES string of the molecule is Cc1cccc(NC(=O)[C@@H]2CCCN2S(=O)(=O)c2cccc3nsnc23)c1C. The molecule has 1 amide bonds. The summed E-state index contributed by atoms with van der Waals surface area (Å²) in [5.41, 5.74) is 3.65. The van der Waals surface area contributed by atoms with E-state index in [-0.39, 0.29) is 10.8 Å². The lowest BCUT2D eigenvalue weighted by atomic mass is 10.1. The zero-order chi connectivity index (χ0) is 19.9. The van der Waals surface area contributed by atoms with Gasteiger partial charge >= 0.3 is 0 Å². The second-order valence-corrected chi connectivity index (χ2v) is 9.29. The molecule has 0 aliphatic carbocycles. The summed E-state index contributed by atoms with van der Waals surface area (Å²) >= 11 is 0.975. The van der Waals surface area contributed by atoms with Gasteiger partial charge in [-0.1, -0.05) is 18.2 Å². The van der Waals surface area contributed by atoms with E-state index in [1.54, 1.807) is 12.1 Å². The second-order valence-electron chi connectivity index (χ2n) is 6.90. The number of fused-ring (bicyclic) bond motifs is 1. The first-order valence-electron chi connectivity index (χ1n) is 9.00. The van der Waals surface area contributed by atoms with Crippen LogP contribution in [0.2, 0.25) is 0 Å². The Bertz CT molecular complexity index is 1160. The van der Waals surface area contributed by atoms with Crippen LogP contribution >= 0.6 is 11.7 Å². The highest BCUT2D eigenvalue weighted by Crippen LogP contribution is 2.30. The third-order valence-corrected chi connectivity index (χ3v) is 7.69. The van der Waals surface area contributed by atoms with Crippen molar-refractivity contribution in [3.05, 3.63) is 47.5 Å². The molecule has 1 atom stereocenters. The summed E-state index contributed by atoms with van der Waals surface area (Å²) in [6.07, 6.45) is 1.12. The number of rotatable bonds is 4. The van der Waals surface area contributed by atoms with E-state index in [9.17, 15) is 13.2 Å². The fourth-order valence-electron chi connectivity index (χ4n) is 3.51. The number of hydrogen-bond acceptors (Lipinski definition) is 6. The van der Waals surface area contributed by atoms with Crippen LogP contribution in [0.15, 0.2) is 41.3 Å². The summed E-state index contributed by atoms with van der Waals surface area (Å²) in [6, 6.07) is 9.83. The average molecular weight is 417 g/mol. The van der Waals surface area contributed by atoms with Gasteiger partial charge in [0.2, 0.25) is 15.9 Å². The van der Waals surface area contributed by atoms with E-state index in [0.29, 0.717) is 36.1 Å². The molecule has 7 nitrogen and oxygen atoms in total. The highest BCUT2D eigenvalue weighted by atomic mass is 32.2. The molecule has 3 aromatic rings. The third kappa shape index (κ3) is 3.19. The fourth-order valence-corrected chi connectivity index (χ4v) is 5.92. The standard InChI is InChI=1S/C19H20N4O3S2/c1-12-6-3-7-14(13(12)2)20-19(24)16-9-5-11-23(16)28(25,26)17-10-4-8-15-18(17)22-27-21-15/h3-4,6-8,10,16H,5,9,11H2,1-2H3,(H,20,24)/t16-/m0/s1. The molecule has 4 rings (SSSR count). The van der Waals surface area contributed by atoms with Gasteiger partial charge in [-0.3, -0.25) is 4.79 Å². The molecule has 9 heteroatoms. The molecule has 1 saturated heterocycles. The quantitative estimate of drug-likeness (QED) is 0.706. The number of nitrogens with one attached hydrogen (secondary N) is 1. The molecule has 0 radical (unpaired) electrons. The van der Waals surface area contributed by atoms with Gasteiger partial charge in [-0.25, -0.2) is 8.42 Å². The lowest BCUT2D eigenvalue weighted by Crippen LogP contribution is -2.43. The lowest BCUT2D eigenvalue weighted by molar-refractivity contribution is -0.119. The minimum absolute atomic E-state index is 0.102. The number of sulfonamides is 1. The Morgan fingerprint density at radius 2 is 1.96 bits per heavy atom. The minimum atomic E-state index is -3.86. The van der Waals surface area contributed by atoms with Crippen molar-refractivity contribution >= 4 is 44.4 Å². The number of anilines is 1. The van der Waals surface area contributed by atoms with E-state index < -0.39 is 16.1 Å². The predicted molar refractivity (Wildman–Crippen MR) is 109 cm³/mol. The van der Waals surface area contributed by atoms with Crippen molar-refractivity contribution < 1.29 is 13.2 Å². The summed E-state index contributed by atoms with van der Waals surface area (Å²) in [4.78, 5) is 13.0. The number of benzene rings is 2. The van der Waals surface area contributed by atoms with Crippen LogP contribution in [0, 0.1) is 13.8 Å². The van der Waals surface area contributed by atoms with Gasteiger partial charge in [-0.15, -0.1) is 0 Å². The summed E-state index contributed by atoms with van der Waals surface area (Å²) in [5, 5.41) is 2.91. The largest absolute Gasteiger partial charge is 0.324 e. The Morgan fingerprint density at radius 3 is 2.79 bits per heavy atom. The molecule has 1 aliphatic rings. The first kappa shape index (κ1) is 19.0. The number of amides is 1. The Morgan fingerprint density at radius 1 is 1.18 bits per heavy atom. The molecule has 2 heterocycles. The van der Waals surface area contributed by atoms with Crippen molar-refractivity contribution in [2.24, 2.45) is 0 Å². The van der Waals surface area contributed by atoms with Crippen LogP contribution in [0.25, 0.3) is 11.0 Å². The van der Waals surface area contributed by atoms with Crippen LogP contribution < -0.4 is 5.32 Å². The molecule has 1 fully saturated rings. The van der Waals surface area contributed by atoms with Gasteiger partial charge in [0.15, 0.2) is 0 Å². The van der Waals surface area contributed by atoms with Gasteiger partial charge in [-0.05, 0) is 56.0 Å². The van der Waals surface area contributed by atoms with Gasteiger partial charge in [0, 0.05) is 12.2 Å². The summed E-state index contributed by atoms with van der Waals surface area (Å²) in [5.74, 6) is -0.307. The van der Waals surface area contributed by atoms with E-state index in [0.717, 1.165) is 22.9 Å². The van der Waals surface area contributed by atoms with Crippen molar-refractivity contribution in [1.82, 2.24) is 13.1 Å². The summed E-state index contributed by atoms with van der Waals surface area (Å²) in [7, 11) is -3.86. The van der Waals surface area contributed by atoms with Crippen LogP contribution in [0.3, 0.4) is 0 Å². The molecule has 146 valence electrons. The van der Waals surface area contributed by atoms with Crippen molar-refractivity contribution in [2.75, 3.05) is 11.9 Å². The first-order chi connectivity index (χ1) is 13.4. The number of aromatic nitrogens is 2. The maximum absolute atomic E-state index is 13.3. The molecular formula is C19H20N4O3S2. The monoisotopic (exact) mass is 416 g/mol. The Labute approximate surface area is 167 Å². The Kier molecular flexibility index (Phi) is 4.90. The van der Waals surface area contributed by atoms with Crippen LogP contribution in [0.1, 0.15) is 24.0 Å². The van der Waals surface area contributed by atoms with Crippen molar-refractivity contribution in [3.8, 4) is 0 Å². The van der Waals surface area contributed by atoms with E-state index in [2.05, 4.69) is 14.1 Å². The van der Waals surface area contributed by atoms with E-state index >= 15 is 0 Å². The molecule has 0 spiro atoms. The predicted octanol–water partition coefficient (Wildman–Crippen LogP) is 3.10. The maximum atomic E-state index is 13.3. The van der Waals surface area contributed by atoms with Crippen molar-refractivity contribution in [1.29, 1.82) is 0 Å². The molecule has 0 bridgehead atoms. The number of hydrogen-bond donors (Lipinski definition) is 1. The molecule has 0 unspecified atom stereocenters. The number of carbonyl (C=O) groups excluding carboxylic acids is 1. The van der Waals surface area contributed by atoms with Crippen LogP contribution in [0.5, 0.6) is 0 Å². The van der Waals surface area contributed by atoms with Gasteiger partial charge in [0.25, 0.3) is 0 Å². The second kappa shape index (κ2) is 7.23. The molecule has 1 aliphatic heterocycles. The zero-order valence-electron chi connectivity index (χ0n) is 15.5. The number of carbonyl (C=O) groups is 1. The molecule has 0 saturated carbocycles. The van der Waals surface area contributed by atoms with Crippen molar-refractivity contribution in [3.63, 3.8) is 0 Å². The number of nitrogens with zero attached hydrogens (tertiary/aromatic N) is 3. The lowest BCUT2D eigenvalue weighted by Gasteiger charge is -2.24. The minimum Gasteiger partial charge on any atom is -0.324 e. The third-order valence-electron chi connectivity index (χ3n) is 5.20. The van der Waals surface area contributed by atoms with Crippen LogP contribution in [-0.4, -0.2) is 40.0 Å². The van der Waals surface area contributed by atoms with Gasteiger partial charge in [0.1, 0.15) is 22.0 Å². The molecule has 28 heavy (non-hydrogen) atoms. The normalized spacial score (nSPS) is 17.9. The zero-order valence-corrected chi connectivity index (χ0v) is 17.2. The summed E-state index contributed by atoms with van der Waals surface area (Å²) in [6.45, 7) is 4.21. The van der Waals surface area contributed by atoms with Crippen LogP contribution in [0.4, 0.5) is 5.69 Å². The highest BCUT2D eigenvalue weighted by Gasteiger charge is 2.40. The maximum Gasteiger partial charge on any atom is 0.246 e. The Balaban J connectivity index is 1.65. The first-order valence-corrected chi connectivity index (χ1v) is 11.2. The smallest absolute Gasteiger partial charge is 0.246 e. The topological polar surface area (TPSA) is 92.3 Å². The van der Waals surface area contributed by atoms with E-state index in [4.69, 9.17) is 0 Å². The van der Waals surface area contributed by atoms with Gasteiger partial charge < -0.3 is 5.32 Å². The molecule has 2 aromatic carbocycles. The molecule has 1 N–H and O–H groups in total. The van der Waals surface area contributed by atoms with Gasteiger partial charge in [-0.2, -0.15) is 13.1 Å². The highest BCUT2D eigenvalue weighted by molar-refractivity contribution is 7.89. The van der Waals surface area contributed by atoms with Gasteiger partial charge in [0.05, 0.1) is 11.7 Å². The molecule has 1 aromatic heterocycles. The summed E-state index contributed by atoms with van der Waals surface area (Å²) < 4.78 is 36.2. The average Bonchev–Trinajstić information content (AvgIpc) is 3.34. The Hall–Kier alpha value is -2.36. The van der Waals surface area contributed by atoms with Crippen molar-refractivity contribution in [2.45, 2.75) is 37.6 Å². The van der Waals surface area contributed by atoms with E-state index in [1.165, 1.54) is 10.4 Å². The molecular weight excluding hydrogens is 396 g/mol. The van der Waals surface area contributed by atoms with Crippen LogP contribution in [-0.2, 0) is 14.8 Å².